The van der Waals surface area contributed by atoms with Crippen molar-refractivity contribution in [1.82, 2.24) is 0 Å². The van der Waals surface area contributed by atoms with Gasteiger partial charge in [0, 0.05) is 18.3 Å². The number of anilines is 1. The monoisotopic (exact) mass is 180 g/mol. The SMILES string of the molecule is CNc1cc(C)ccc1C(N)=S. The van der Waals surface area contributed by atoms with E-state index in [4.69, 9.17) is 18.0 Å². The summed E-state index contributed by atoms with van der Waals surface area (Å²) in [5, 5.41) is 3.05. The van der Waals surface area contributed by atoms with Crippen LogP contribution in [0.4, 0.5) is 5.69 Å². The molecule has 2 nitrogen and oxygen atoms in total. The molecule has 0 radical (unpaired) electrons. The molecule has 0 heterocycles. The maximum atomic E-state index is 5.53. The number of thiocarbonyl (C=S) groups is 1. The Hall–Kier alpha value is -1.09. The first-order valence-corrected chi connectivity index (χ1v) is 4.14. The Labute approximate surface area is 77.8 Å². The summed E-state index contributed by atoms with van der Waals surface area (Å²) < 4.78 is 0. The number of nitrogens with one attached hydrogen (secondary N) is 1. The van der Waals surface area contributed by atoms with Crippen molar-refractivity contribution < 1.29 is 0 Å². The molecule has 0 saturated carbocycles. The first kappa shape index (κ1) is 9.00. The Morgan fingerprint density at radius 1 is 1.50 bits per heavy atom. The predicted octanol–water partition coefficient (Wildman–Crippen LogP) is 1.67. The lowest BCUT2D eigenvalue weighted by molar-refractivity contribution is 1.41. The molecule has 0 aliphatic heterocycles. The minimum absolute atomic E-state index is 0.430. The van der Waals surface area contributed by atoms with Gasteiger partial charge in [-0.05, 0) is 24.6 Å². The lowest BCUT2D eigenvalue weighted by atomic mass is 10.1. The molecule has 1 aromatic rings. The largest absolute Gasteiger partial charge is 0.389 e. The molecule has 0 aliphatic rings. The Kier molecular flexibility index (Phi) is 2.65. The van der Waals surface area contributed by atoms with Gasteiger partial charge in [0.25, 0.3) is 0 Å². The second-order valence-corrected chi connectivity index (χ2v) is 3.10. The molecule has 0 amide bonds. The van der Waals surface area contributed by atoms with E-state index in [1.165, 1.54) is 5.56 Å². The minimum atomic E-state index is 0.430. The summed E-state index contributed by atoms with van der Waals surface area (Å²) >= 11 is 4.90. The van der Waals surface area contributed by atoms with Gasteiger partial charge in [0.15, 0.2) is 0 Å². The van der Waals surface area contributed by atoms with E-state index < -0.39 is 0 Å². The molecule has 0 aliphatic carbocycles. The highest BCUT2D eigenvalue weighted by atomic mass is 32.1. The molecular formula is C9H12N2S. The molecule has 3 heteroatoms. The van der Waals surface area contributed by atoms with Crippen molar-refractivity contribution in [1.29, 1.82) is 0 Å². The van der Waals surface area contributed by atoms with Gasteiger partial charge in [-0.2, -0.15) is 0 Å². The van der Waals surface area contributed by atoms with Crippen molar-refractivity contribution in [2.24, 2.45) is 5.73 Å². The van der Waals surface area contributed by atoms with E-state index in [-0.39, 0.29) is 0 Å². The van der Waals surface area contributed by atoms with Crippen LogP contribution >= 0.6 is 12.2 Å². The molecule has 12 heavy (non-hydrogen) atoms. The predicted molar refractivity (Wildman–Crippen MR) is 56.6 cm³/mol. The average Bonchev–Trinajstić information content (AvgIpc) is 2.03. The standard InChI is InChI=1S/C9H12N2S/c1-6-3-4-7(9(10)12)8(5-6)11-2/h3-5,11H,1-2H3,(H2,10,12). The Balaban J connectivity index is 3.20. The quantitative estimate of drug-likeness (QED) is 0.680. The first-order chi connectivity index (χ1) is 5.65. The average molecular weight is 180 g/mol. The van der Waals surface area contributed by atoms with E-state index in [0.717, 1.165) is 11.3 Å². The van der Waals surface area contributed by atoms with Gasteiger partial charge in [-0.15, -0.1) is 0 Å². The molecule has 64 valence electrons. The third-order valence-corrected chi connectivity index (χ3v) is 1.93. The Morgan fingerprint density at radius 3 is 2.67 bits per heavy atom. The van der Waals surface area contributed by atoms with Crippen molar-refractivity contribution in [2.75, 3.05) is 12.4 Å². The van der Waals surface area contributed by atoms with Crippen molar-refractivity contribution in [2.45, 2.75) is 6.92 Å². The number of rotatable bonds is 2. The Morgan fingerprint density at radius 2 is 2.17 bits per heavy atom. The lowest BCUT2D eigenvalue weighted by Crippen LogP contribution is -2.11. The Bertz CT molecular complexity index is 307. The van der Waals surface area contributed by atoms with Crippen LogP contribution in [0, 0.1) is 6.92 Å². The molecule has 0 fully saturated rings. The molecule has 0 saturated heterocycles. The fourth-order valence-corrected chi connectivity index (χ4v) is 1.26. The zero-order valence-corrected chi connectivity index (χ0v) is 8.03. The van der Waals surface area contributed by atoms with Gasteiger partial charge < -0.3 is 11.1 Å². The zero-order chi connectivity index (χ0) is 9.14. The van der Waals surface area contributed by atoms with Crippen LogP contribution in [-0.2, 0) is 0 Å². The van der Waals surface area contributed by atoms with Crippen molar-refractivity contribution >= 4 is 22.9 Å². The fraction of sp³-hybridized carbons (Fsp3) is 0.222. The van der Waals surface area contributed by atoms with Gasteiger partial charge in [-0.1, -0.05) is 18.3 Å². The van der Waals surface area contributed by atoms with Gasteiger partial charge in [-0.25, -0.2) is 0 Å². The number of hydrogen-bond acceptors (Lipinski definition) is 2. The van der Waals surface area contributed by atoms with Crippen LogP contribution in [0.2, 0.25) is 0 Å². The van der Waals surface area contributed by atoms with Gasteiger partial charge in [-0.3, -0.25) is 0 Å². The summed E-state index contributed by atoms with van der Waals surface area (Å²) in [5.74, 6) is 0. The molecule has 0 aromatic heterocycles. The smallest absolute Gasteiger partial charge is 0.106 e. The van der Waals surface area contributed by atoms with Crippen molar-refractivity contribution in [3.63, 3.8) is 0 Å². The summed E-state index contributed by atoms with van der Waals surface area (Å²) in [6.45, 7) is 2.03. The summed E-state index contributed by atoms with van der Waals surface area (Å²) in [5.41, 5.74) is 8.61. The summed E-state index contributed by atoms with van der Waals surface area (Å²) in [7, 11) is 1.86. The molecule has 1 aromatic carbocycles. The van der Waals surface area contributed by atoms with Crippen molar-refractivity contribution in [3.8, 4) is 0 Å². The highest BCUT2D eigenvalue weighted by Gasteiger charge is 2.02. The number of nitrogens with two attached hydrogens (primary N) is 1. The van der Waals surface area contributed by atoms with Crippen LogP contribution in [-0.4, -0.2) is 12.0 Å². The number of aryl methyl sites for hydroxylation is 1. The van der Waals surface area contributed by atoms with Crippen molar-refractivity contribution in [3.05, 3.63) is 29.3 Å². The van der Waals surface area contributed by atoms with Gasteiger partial charge in [0.2, 0.25) is 0 Å². The van der Waals surface area contributed by atoms with E-state index in [2.05, 4.69) is 5.32 Å². The maximum absolute atomic E-state index is 5.53. The minimum Gasteiger partial charge on any atom is -0.389 e. The molecule has 3 N–H and O–H groups in total. The second kappa shape index (κ2) is 3.54. The van der Waals surface area contributed by atoms with Crippen LogP contribution < -0.4 is 11.1 Å². The summed E-state index contributed by atoms with van der Waals surface area (Å²) in [4.78, 5) is 0.430. The molecule has 1 rings (SSSR count). The highest BCUT2D eigenvalue weighted by Crippen LogP contribution is 2.16. The molecule has 0 spiro atoms. The van der Waals surface area contributed by atoms with Crippen LogP contribution in [0.5, 0.6) is 0 Å². The molecular weight excluding hydrogens is 168 g/mol. The second-order valence-electron chi connectivity index (χ2n) is 2.66. The fourth-order valence-electron chi connectivity index (χ4n) is 1.08. The van der Waals surface area contributed by atoms with Gasteiger partial charge >= 0.3 is 0 Å². The van der Waals surface area contributed by atoms with Crippen LogP contribution in [0.1, 0.15) is 11.1 Å². The van der Waals surface area contributed by atoms with Crippen LogP contribution in [0.3, 0.4) is 0 Å². The summed E-state index contributed by atoms with van der Waals surface area (Å²) in [6, 6.07) is 5.95. The van der Waals surface area contributed by atoms with E-state index >= 15 is 0 Å². The van der Waals surface area contributed by atoms with E-state index in [1.54, 1.807) is 0 Å². The summed E-state index contributed by atoms with van der Waals surface area (Å²) in [6.07, 6.45) is 0. The molecule has 0 bridgehead atoms. The topological polar surface area (TPSA) is 38.0 Å². The van der Waals surface area contributed by atoms with Gasteiger partial charge in [0.1, 0.15) is 4.99 Å². The lowest BCUT2D eigenvalue weighted by Gasteiger charge is -2.07. The first-order valence-electron chi connectivity index (χ1n) is 3.73. The number of benzene rings is 1. The molecule has 0 atom stereocenters. The van der Waals surface area contributed by atoms with E-state index in [9.17, 15) is 0 Å². The van der Waals surface area contributed by atoms with Gasteiger partial charge in [0.05, 0.1) is 0 Å². The maximum Gasteiger partial charge on any atom is 0.106 e. The number of hydrogen-bond donors (Lipinski definition) is 2. The third-order valence-electron chi connectivity index (χ3n) is 1.71. The zero-order valence-electron chi connectivity index (χ0n) is 7.22. The van der Waals surface area contributed by atoms with Crippen LogP contribution in [0.15, 0.2) is 18.2 Å². The highest BCUT2D eigenvalue weighted by molar-refractivity contribution is 7.80. The van der Waals surface area contributed by atoms with E-state index in [1.807, 2.05) is 32.2 Å². The van der Waals surface area contributed by atoms with E-state index in [0.29, 0.717) is 4.99 Å². The third kappa shape index (κ3) is 1.74. The van der Waals surface area contributed by atoms with Crippen LogP contribution in [0.25, 0.3) is 0 Å². The molecule has 0 unspecified atom stereocenters. The normalized spacial score (nSPS) is 9.50.